The molecule has 4 nitrogen and oxygen atoms in total. The fourth-order valence-electron chi connectivity index (χ4n) is 2.30. The van der Waals surface area contributed by atoms with Gasteiger partial charge in [-0.3, -0.25) is 14.4 Å². The Kier molecular flexibility index (Phi) is 10.4. The van der Waals surface area contributed by atoms with E-state index in [4.69, 9.17) is 0 Å². The lowest BCUT2D eigenvalue weighted by atomic mass is 10.0. The second-order valence-corrected chi connectivity index (χ2v) is 6.16. The molecule has 0 unspecified atom stereocenters. The van der Waals surface area contributed by atoms with Crippen molar-refractivity contribution in [3.63, 3.8) is 0 Å². The molecule has 0 fully saturated rings. The maximum absolute atomic E-state index is 12.7. The summed E-state index contributed by atoms with van der Waals surface area (Å²) in [6.07, 6.45) is 5.64. The van der Waals surface area contributed by atoms with Crippen molar-refractivity contribution in [2.24, 2.45) is 0 Å². The molecule has 0 saturated heterocycles. The number of ether oxygens (including phenoxy) is 1. The maximum Gasteiger partial charge on any atom is 0.416 e. The summed E-state index contributed by atoms with van der Waals surface area (Å²) in [5, 5.41) is 0. The standard InChI is InChI=1S/C22H23F3O4/c1-29-21(28)13-7-12-19(26)10-4-2-3-5-11-20(27)15-14-17-8-6-9-18(16-17)22(23,24)25/h2-6,8-11,16H,7,12-15H2,1H3. The summed E-state index contributed by atoms with van der Waals surface area (Å²) >= 11 is 0. The van der Waals surface area contributed by atoms with Crippen LogP contribution in [-0.2, 0) is 31.7 Å². The Hall–Kier alpha value is -2.96. The van der Waals surface area contributed by atoms with Gasteiger partial charge in [0.15, 0.2) is 11.6 Å². The first kappa shape index (κ1) is 24.1. The van der Waals surface area contributed by atoms with E-state index in [9.17, 15) is 27.6 Å². The monoisotopic (exact) mass is 408 g/mol. The lowest BCUT2D eigenvalue weighted by molar-refractivity contribution is -0.141. The van der Waals surface area contributed by atoms with E-state index in [1.54, 1.807) is 18.2 Å². The minimum absolute atomic E-state index is 0.0974. The van der Waals surface area contributed by atoms with Crippen LogP contribution in [0.5, 0.6) is 0 Å². The molecule has 156 valence electrons. The predicted molar refractivity (Wildman–Crippen MR) is 103 cm³/mol. The molecule has 1 aromatic carbocycles. The molecule has 0 aliphatic rings. The molecule has 0 heterocycles. The van der Waals surface area contributed by atoms with Crippen LogP contribution in [0.2, 0.25) is 0 Å². The molecule has 0 aromatic heterocycles. The fourth-order valence-corrected chi connectivity index (χ4v) is 2.30. The number of ketones is 2. The van der Waals surface area contributed by atoms with E-state index in [-0.39, 0.29) is 43.2 Å². The third kappa shape index (κ3) is 10.8. The molecule has 0 amide bonds. The van der Waals surface area contributed by atoms with Gasteiger partial charge in [-0.1, -0.05) is 42.5 Å². The smallest absolute Gasteiger partial charge is 0.416 e. The van der Waals surface area contributed by atoms with Crippen molar-refractivity contribution in [2.75, 3.05) is 7.11 Å². The van der Waals surface area contributed by atoms with Gasteiger partial charge in [-0.15, -0.1) is 0 Å². The van der Waals surface area contributed by atoms with Gasteiger partial charge < -0.3 is 4.74 Å². The number of halogens is 3. The highest BCUT2D eigenvalue weighted by Gasteiger charge is 2.30. The summed E-state index contributed by atoms with van der Waals surface area (Å²) in [7, 11) is 1.29. The molecule has 0 spiro atoms. The zero-order valence-electron chi connectivity index (χ0n) is 16.1. The van der Waals surface area contributed by atoms with Crippen molar-refractivity contribution in [2.45, 2.75) is 38.3 Å². The summed E-state index contributed by atoms with van der Waals surface area (Å²) in [4.78, 5) is 34.2. The topological polar surface area (TPSA) is 60.4 Å². The van der Waals surface area contributed by atoms with E-state index in [0.29, 0.717) is 12.0 Å². The molecule has 1 rings (SSSR count). The van der Waals surface area contributed by atoms with Gasteiger partial charge in [-0.2, -0.15) is 13.2 Å². The molecule has 0 atom stereocenters. The number of hydrogen-bond donors (Lipinski definition) is 0. The summed E-state index contributed by atoms with van der Waals surface area (Å²) in [5.41, 5.74) is -0.279. The van der Waals surface area contributed by atoms with Crippen molar-refractivity contribution in [3.8, 4) is 0 Å². The summed E-state index contributed by atoms with van der Waals surface area (Å²) in [6.45, 7) is 0. The Morgan fingerprint density at radius 2 is 1.55 bits per heavy atom. The van der Waals surface area contributed by atoms with Crippen LogP contribution in [-0.4, -0.2) is 24.6 Å². The fraction of sp³-hybridized carbons (Fsp3) is 0.318. The minimum Gasteiger partial charge on any atom is -0.469 e. The Labute approximate surface area is 167 Å². The van der Waals surface area contributed by atoms with E-state index < -0.39 is 11.7 Å². The van der Waals surface area contributed by atoms with Gasteiger partial charge in [0.1, 0.15) is 0 Å². The molecule has 0 aliphatic carbocycles. The van der Waals surface area contributed by atoms with E-state index in [0.717, 1.165) is 12.1 Å². The third-order valence-corrected chi connectivity index (χ3v) is 3.84. The van der Waals surface area contributed by atoms with Crippen LogP contribution < -0.4 is 0 Å². The zero-order valence-corrected chi connectivity index (χ0v) is 16.1. The average Bonchev–Trinajstić information content (AvgIpc) is 2.68. The number of methoxy groups -OCH3 is 1. The first-order chi connectivity index (χ1) is 13.7. The molecule has 0 radical (unpaired) electrons. The Balaban J connectivity index is 2.34. The lowest BCUT2D eigenvalue weighted by Crippen LogP contribution is -2.05. The summed E-state index contributed by atoms with van der Waals surface area (Å²) in [6, 6.07) is 4.92. The predicted octanol–water partition coefficient (Wildman–Crippen LogP) is 4.79. The number of carbonyl (C=O) groups excluding carboxylic acids is 3. The van der Waals surface area contributed by atoms with Crippen LogP contribution in [0.4, 0.5) is 13.2 Å². The number of aryl methyl sites for hydroxylation is 1. The Bertz CT molecular complexity index is 789. The third-order valence-electron chi connectivity index (χ3n) is 3.84. The van der Waals surface area contributed by atoms with Crippen molar-refractivity contribution >= 4 is 17.5 Å². The van der Waals surface area contributed by atoms with Crippen molar-refractivity contribution in [1.82, 2.24) is 0 Å². The number of esters is 1. The number of allylic oxidation sites excluding steroid dienone is 6. The number of alkyl halides is 3. The maximum atomic E-state index is 12.7. The second-order valence-electron chi connectivity index (χ2n) is 6.16. The zero-order chi connectivity index (χ0) is 21.7. The molecule has 0 saturated carbocycles. The lowest BCUT2D eigenvalue weighted by Gasteiger charge is -2.08. The molecular weight excluding hydrogens is 385 g/mol. The van der Waals surface area contributed by atoms with Crippen molar-refractivity contribution in [3.05, 3.63) is 71.8 Å². The van der Waals surface area contributed by atoms with E-state index in [1.807, 2.05) is 0 Å². The molecule has 0 N–H and O–H groups in total. The van der Waals surface area contributed by atoms with Gasteiger partial charge in [0.2, 0.25) is 0 Å². The van der Waals surface area contributed by atoms with Crippen LogP contribution >= 0.6 is 0 Å². The first-order valence-corrected chi connectivity index (χ1v) is 9.02. The summed E-state index contributed by atoms with van der Waals surface area (Å²) < 4.78 is 42.5. The summed E-state index contributed by atoms with van der Waals surface area (Å²) in [5.74, 6) is -0.695. The van der Waals surface area contributed by atoms with E-state index in [1.165, 1.54) is 37.5 Å². The number of rotatable bonds is 11. The first-order valence-electron chi connectivity index (χ1n) is 9.02. The number of benzene rings is 1. The second kappa shape index (κ2) is 12.5. The van der Waals surface area contributed by atoms with Gasteiger partial charge in [-0.05, 0) is 36.6 Å². The molecular formula is C22H23F3O4. The van der Waals surface area contributed by atoms with Crippen LogP contribution in [0.15, 0.2) is 60.7 Å². The van der Waals surface area contributed by atoms with Gasteiger partial charge in [0.25, 0.3) is 0 Å². The van der Waals surface area contributed by atoms with Crippen LogP contribution in [0, 0.1) is 0 Å². The molecule has 1 aromatic rings. The SMILES string of the molecule is COC(=O)CCCC(=O)C=CC=CC=CC(=O)CCc1cccc(C(F)(F)F)c1. The molecule has 0 bridgehead atoms. The highest BCUT2D eigenvalue weighted by Crippen LogP contribution is 2.29. The average molecular weight is 408 g/mol. The van der Waals surface area contributed by atoms with Crippen molar-refractivity contribution in [1.29, 1.82) is 0 Å². The van der Waals surface area contributed by atoms with Crippen molar-refractivity contribution < 1.29 is 32.3 Å². The molecule has 0 aliphatic heterocycles. The highest BCUT2D eigenvalue weighted by molar-refractivity contribution is 5.90. The molecule has 29 heavy (non-hydrogen) atoms. The van der Waals surface area contributed by atoms with Gasteiger partial charge in [0.05, 0.1) is 12.7 Å². The Morgan fingerprint density at radius 3 is 2.14 bits per heavy atom. The Morgan fingerprint density at radius 1 is 0.931 bits per heavy atom. The van der Waals surface area contributed by atoms with Gasteiger partial charge in [0, 0.05) is 19.3 Å². The van der Waals surface area contributed by atoms with Gasteiger partial charge >= 0.3 is 12.1 Å². The minimum atomic E-state index is -4.40. The normalized spacial score (nSPS) is 12.1. The van der Waals surface area contributed by atoms with E-state index >= 15 is 0 Å². The quantitative estimate of drug-likeness (QED) is 0.300. The largest absolute Gasteiger partial charge is 0.469 e. The number of carbonyl (C=O) groups is 3. The van der Waals surface area contributed by atoms with Gasteiger partial charge in [-0.25, -0.2) is 0 Å². The highest BCUT2D eigenvalue weighted by atomic mass is 19.4. The van der Waals surface area contributed by atoms with Crippen LogP contribution in [0.1, 0.15) is 36.8 Å². The molecule has 7 heteroatoms. The van der Waals surface area contributed by atoms with Crippen LogP contribution in [0.25, 0.3) is 0 Å². The van der Waals surface area contributed by atoms with Crippen LogP contribution in [0.3, 0.4) is 0 Å². The number of hydrogen-bond acceptors (Lipinski definition) is 4. The van der Waals surface area contributed by atoms with E-state index in [2.05, 4.69) is 4.74 Å².